The highest BCUT2D eigenvalue weighted by Gasteiger charge is 2.30. The molecule has 7 nitrogen and oxygen atoms in total. The number of carbonyl (C=O) groups is 1. The molecule has 154 valence electrons. The van der Waals surface area contributed by atoms with Gasteiger partial charge in [0.25, 0.3) is 0 Å². The van der Waals surface area contributed by atoms with E-state index in [9.17, 15) is 4.79 Å². The predicted molar refractivity (Wildman–Crippen MR) is 113 cm³/mol. The fraction of sp³-hybridized carbons (Fsp3) is 0.318. The van der Waals surface area contributed by atoms with Crippen molar-refractivity contribution in [1.29, 1.82) is 0 Å². The number of amides is 1. The number of ether oxygens (including phenoxy) is 2. The second-order valence-electron chi connectivity index (χ2n) is 7.36. The van der Waals surface area contributed by atoms with Gasteiger partial charge in [-0.1, -0.05) is 42.1 Å². The molecule has 8 heteroatoms. The Morgan fingerprint density at radius 1 is 1.10 bits per heavy atom. The summed E-state index contributed by atoms with van der Waals surface area (Å²) in [6.07, 6.45) is 2.08. The van der Waals surface area contributed by atoms with Gasteiger partial charge in [0.15, 0.2) is 11.5 Å². The van der Waals surface area contributed by atoms with E-state index < -0.39 is 0 Å². The molecule has 2 aliphatic rings. The van der Waals surface area contributed by atoms with E-state index in [0.29, 0.717) is 30.0 Å². The lowest BCUT2D eigenvalue weighted by Crippen LogP contribution is -2.41. The van der Waals surface area contributed by atoms with E-state index in [2.05, 4.69) is 15.4 Å². The number of aromatic nitrogens is 3. The van der Waals surface area contributed by atoms with Crippen LogP contribution >= 0.6 is 11.8 Å². The number of fused-ring (bicyclic) bond motifs is 1. The zero-order valence-corrected chi connectivity index (χ0v) is 17.2. The molecule has 0 unspecified atom stereocenters. The highest BCUT2D eigenvalue weighted by molar-refractivity contribution is 7.99. The third-order valence-corrected chi connectivity index (χ3v) is 5.82. The summed E-state index contributed by atoms with van der Waals surface area (Å²) < 4.78 is 13.5. The van der Waals surface area contributed by atoms with Crippen LogP contribution in [0.1, 0.15) is 24.6 Å². The second-order valence-corrected chi connectivity index (χ2v) is 8.31. The summed E-state index contributed by atoms with van der Waals surface area (Å²) in [7, 11) is 0. The van der Waals surface area contributed by atoms with E-state index in [0.717, 1.165) is 30.1 Å². The van der Waals surface area contributed by atoms with Crippen LogP contribution in [0.5, 0.6) is 11.5 Å². The van der Waals surface area contributed by atoms with E-state index in [1.807, 2.05) is 59.3 Å². The molecule has 0 radical (unpaired) electrons. The molecule has 2 heterocycles. The Balaban J connectivity index is 1.15. The normalized spacial score (nSPS) is 17.5. The summed E-state index contributed by atoms with van der Waals surface area (Å²) >= 11 is 1.35. The summed E-state index contributed by atoms with van der Waals surface area (Å²) in [6, 6.07) is 17.5. The van der Waals surface area contributed by atoms with Crippen molar-refractivity contribution in [2.24, 2.45) is 0 Å². The van der Waals surface area contributed by atoms with Crippen LogP contribution in [0.3, 0.4) is 0 Å². The maximum Gasteiger partial charge on any atom is 0.230 e. The molecule has 1 aliphatic carbocycles. The van der Waals surface area contributed by atoms with Crippen molar-refractivity contribution in [2.75, 3.05) is 18.9 Å². The second kappa shape index (κ2) is 8.39. The molecule has 0 saturated heterocycles. The molecular weight excluding hydrogens is 400 g/mol. The summed E-state index contributed by atoms with van der Waals surface area (Å²) in [5.41, 5.74) is 0.998. The number of carbonyl (C=O) groups excluding carboxylic acids is 1. The third-order valence-electron chi connectivity index (χ3n) is 4.98. The summed E-state index contributed by atoms with van der Waals surface area (Å²) in [5.74, 6) is 3.07. The molecule has 1 atom stereocenters. The van der Waals surface area contributed by atoms with Crippen molar-refractivity contribution < 1.29 is 14.3 Å². The van der Waals surface area contributed by atoms with Crippen LogP contribution < -0.4 is 14.8 Å². The molecule has 0 spiro atoms. The number of thioether (sulfide) groups is 1. The number of para-hydroxylation sites is 3. The predicted octanol–water partition coefficient (Wildman–Crippen LogP) is 3.19. The lowest BCUT2D eigenvalue weighted by Gasteiger charge is -2.26. The molecule has 30 heavy (non-hydrogen) atoms. The molecule has 0 bridgehead atoms. The largest absolute Gasteiger partial charge is 0.486 e. The highest BCUT2D eigenvalue weighted by Crippen LogP contribution is 2.40. The number of rotatable bonds is 7. The molecule has 1 amide bonds. The van der Waals surface area contributed by atoms with Gasteiger partial charge >= 0.3 is 0 Å². The van der Waals surface area contributed by atoms with E-state index in [-0.39, 0.29) is 17.8 Å². The van der Waals surface area contributed by atoms with E-state index in [1.54, 1.807) is 0 Å². The van der Waals surface area contributed by atoms with Crippen LogP contribution in [0.15, 0.2) is 59.8 Å². The zero-order chi connectivity index (χ0) is 20.3. The monoisotopic (exact) mass is 422 g/mol. The van der Waals surface area contributed by atoms with Crippen molar-refractivity contribution in [2.45, 2.75) is 30.0 Å². The van der Waals surface area contributed by atoms with E-state index in [4.69, 9.17) is 9.47 Å². The van der Waals surface area contributed by atoms with Crippen molar-refractivity contribution in [3.63, 3.8) is 0 Å². The number of hydrogen-bond donors (Lipinski definition) is 1. The topological polar surface area (TPSA) is 78.3 Å². The Hall–Kier alpha value is -3.00. The summed E-state index contributed by atoms with van der Waals surface area (Å²) in [6.45, 7) is 0.811. The Bertz CT molecular complexity index is 1040. The fourth-order valence-corrected chi connectivity index (χ4v) is 3.96. The Morgan fingerprint density at radius 3 is 2.67 bits per heavy atom. The Kier molecular flexibility index (Phi) is 5.31. The van der Waals surface area contributed by atoms with Crippen LogP contribution in [0.2, 0.25) is 0 Å². The minimum Gasteiger partial charge on any atom is -0.486 e. The van der Waals surface area contributed by atoms with Gasteiger partial charge in [-0.3, -0.25) is 4.79 Å². The SMILES string of the molecule is O=C(CSc1nc(C2CC2)n(-c2ccccc2)n1)NC[C@H]1COc2ccccc2O1. The average molecular weight is 423 g/mol. The van der Waals surface area contributed by atoms with Crippen LogP contribution in [-0.2, 0) is 4.79 Å². The first-order valence-corrected chi connectivity index (χ1v) is 11.0. The number of hydrogen-bond acceptors (Lipinski definition) is 6. The molecule has 5 rings (SSSR count). The van der Waals surface area contributed by atoms with E-state index >= 15 is 0 Å². The first-order valence-electron chi connectivity index (χ1n) is 10.1. The van der Waals surface area contributed by atoms with Gasteiger partial charge in [-0.2, -0.15) is 0 Å². The van der Waals surface area contributed by atoms with Crippen molar-refractivity contribution >= 4 is 17.7 Å². The Morgan fingerprint density at radius 2 is 1.87 bits per heavy atom. The van der Waals surface area contributed by atoms with Gasteiger partial charge in [0.2, 0.25) is 11.1 Å². The third kappa shape index (κ3) is 4.28. The molecular formula is C22H22N4O3S. The van der Waals surface area contributed by atoms with Crippen molar-refractivity contribution in [3.8, 4) is 17.2 Å². The lowest BCUT2D eigenvalue weighted by atomic mass is 10.2. The van der Waals surface area contributed by atoms with Gasteiger partial charge in [-0.15, -0.1) is 5.10 Å². The van der Waals surface area contributed by atoms with Gasteiger partial charge in [-0.25, -0.2) is 9.67 Å². The zero-order valence-electron chi connectivity index (χ0n) is 16.4. The first-order chi connectivity index (χ1) is 14.8. The van der Waals surface area contributed by atoms with Crippen LogP contribution in [0.25, 0.3) is 5.69 Å². The number of nitrogens with one attached hydrogen (secondary N) is 1. The first kappa shape index (κ1) is 19.0. The molecule has 1 aliphatic heterocycles. The summed E-state index contributed by atoms with van der Waals surface area (Å²) in [4.78, 5) is 17.0. The van der Waals surface area contributed by atoms with Crippen molar-refractivity contribution in [3.05, 3.63) is 60.4 Å². The minimum atomic E-state index is -0.203. The molecule has 1 N–H and O–H groups in total. The molecule has 1 fully saturated rings. The molecule has 3 aromatic rings. The highest BCUT2D eigenvalue weighted by atomic mass is 32.2. The van der Waals surface area contributed by atoms with Gasteiger partial charge in [0.05, 0.1) is 18.0 Å². The van der Waals surface area contributed by atoms with Crippen LogP contribution in [-0.4, -0.2) is 45.7 Å². The minimum absolute atomic E-state index is 0.0773. The maximum atomic E-state index is 12.3. The van der Waals surface area contributed by atoms with Gasteiger partial charge in [0.1, 0.15) is 18.5 Å². The summed E-state index contributed by atoms with van der Waals surface area (Å²) in [5, 5.41) is 8.17. The van der Waals surface area contributed by atoms with E-state index in [1.165, 1.54) is 11.8 Å². The molecule has 1 aromatic heterocycles. The van der Waals surface area contributed by atoms with Crippen molar-refractivity contribution in [1.82, 2.24) is 20.1 Å². The average Bonchev–Trinajstić information content (AvgIpc) is 3.55. The molecule has 2 aromatic carbocycles. The lowest BCUT2D eigenvalue weighted by molar-refractivity contribution is -0.119. The van der Waals surface area contributed by atoms with Gasteiger partial charge in [0, 0.05) is 5.92 Å². The van der Waals surface area contributed by atoms with Gasteiger partial charge < -0.3 is 14.8 Å². The Labute approximate surface area is 178 Å². The van der Waals surface area contributed by atoms with Gasteiger partial charge in [-0.05, 0) is 37.1 Å². The smallest absolute Gasteiger partial charge is 0.230 e. The van der Waals surface area contributed by atoms with Crippen LogP contribution in [0, 0.1) is 0 Å². The number of benzene rings is 2. The maximum absolute atomic E-state index is 12.3. The van der Waals surface area contributed by atoms with Crippen LogP contribution in [0.4, 0.5) is 0 Å². The molecule has 1 saturated carbocycles. The quantitative estimate of drug-likeness (QED) is 0.589. The fourth-order valence-electron chi connectivity index (χ4n) is 3.30. The standard InChI is InChI=1S/C22H22N4O3S/c27-20(23-12-17-13-28-18-8-4-5-9-19(18)29-17)14-30-22-24-21(15-10-11-15)26(25-22)16-6-2-1-3-7-16/h1-9,15,17H,10-14H2,(H,23,27)/t17-/m0/s1. The number of nitrogens with zero attached hydrogens (tertiary/aromatic N) is 3.